The Bertz CT molecular complexity index is 422. The van der Waals surface area contributed by atoms with Crippen LogP contribution in [0.1, 0.15) is 20.8 Å². The van der Waals surface area contributed by atoms with Gasteiger partial charge in [-0.25, -0.2) is 0 Å². The predicted octanol–water partition coefficient (Wildman–Crippen LogP) is 2.04. The van der Waals surface area contributed by atoms with Crippen molar-refractivity contribution in [2.24, 2.45) is 4.99 Å². The van der Waals surface area contributed by atoms with Crippen LogP contribution in [-0.4, -0.2) is 38.8 Å². The molecule has 20 heavy (non-hydrogen) atoms. The van der Waals surface area contributed by atoms with Gasteiger partial charge in [0.25, 0.3) is 0 Å². The van der Waals surface area contributed by atoms with Gasteiger partial charge in [-0.2, -0.15) is 0 Å². The van der Waals surface area contributed by atoms with Gasteiger partial charge in [0.1, 0.15) is 18.1 Å². The van der Waals surface area contributed by atoms with Gasteiger partial charge in [0.15, 0.2) is 5.96 Å². The smallest absolute Gasteiger partial charge is 0.191 e. The number of methoxy groups -OCH3 is 1. The quantitative estimate of drug-likeness (QED) is 0.492. The topological polar surface area (TPSA) is 54.9 Å². The highest BCUT2D eigenvalue weighted by Gasteiger charge is 2.11. The Hall–Kier alpha value is -1.91. The lowest BCUT2D eigenvalue weighted by Gasteiger charge is -2.23. The first-order chi connectivity index (χ1) is 9.44. The zero-order valence-corrected chi connectivity index (χ0v) is 13.0. The minimum Gasteiger partial charge on any atom is -0.497 e. The molecular formula is C15H25N3O2. The normalized spacial score (nSPS) is 11.9. The van der Waals surface area contributed by atoms with Crippen molar-refractivity contribution >= 4 is 5.96 Å². The van der Waals surface area contributed by atoms with Gasteiger partial charge in [-0.15, -0.1) is 0 Å². The number of rotatable bonds is 5. The SMILES string of the molecule is CN=C(NCCOc1ccc(OC)cc1)NC(C)(C)C. The zero-order chi connectivity index (χ0) is 15.0. The average molecular weight is 279 g/mol. The molecule has 0 saturated carbocycles. The number of aliphatic imine (C=N–C) groups is 1. The van der Waals surface area contributed by atoms with Crippen LogP contribution in [0.15, 0.2) is 29.3 Å². The highest BCUT2D eigenvalue weighted by atomic mass is 16.5. The van der Waals surface area contributed by atoms with Crippen molar-refractivity contribution in [2.75, 3.05) is 27.3 Å². The summed E-state index contributed by atoms with van der Waals surface area (Å²) < 4.78 is 10.7. The molecule has 0 aliphatic carbocycles. The number of ether oxygens (including phenoxy) is 2. The van der Waals surface area contributed by atoms with E-state index in [1.165, 1.54) is 0 Å². The molecule has 0 bridgehead atoms. The number of hydrogen-bond donors (Lipinski definition) is 2. The maximum absolute atomic E-state index is 5.63. The molecule has 0 saturated heterocycles. The first kappa shape index (κ1) is 16.1. The summed E-state index contributed by atoms with van der Waals surface area (Å²) in [7, 11) is 3.40. The highest BCUT2D eigenvalue weighted by molar-refractivity contribution is 5.80. The lowest BCUT2D eigenvalue weighted by Crippen LogP contribution is -2.48. The molecule has 0 atom stereocenters. The van der Waals surface area contributed by atoms with E-state index in [2.05, 4.69) is 36.4 Å². The third-order valence-corrected chi connectivity index (χ3v) is 2.44. The molecule has 5 nitrogen and oxygen atoms in total. The predicted molar refractivity (Wildman–Crippen MR) is 82.7 cm³/mol. The molecule has 1 rings (SSSR count). The van der Waals surface area contributed by atoms with Crippen molar-refractivity contribution < 1.29 is 9.47 Å². The molecule has 0 fully saturated rings. The minimum absolute atomic E-state index is 0.0152. The molecule has 0 aromatic heterocycles. The van der Waals surface area contributed by atoms with E-state index in [4.69, 9.17) is 9.47 Å². The Kier molecular flexibility index (Phi) is 6.15. The van der Waals surface area contributed by atoms with E-state index in [9.17, 15) is 0 Å². The summed E-state index contributed by atoms with van der Waals surface area (Å²) in [5, 5.41) is 6.49. The average Bonchev–Trinajstić information content (AvgIpc) is 2.41. The molecule has 1 aromatic carbocycles. The third-order valence-electron chi connectivity index (χ3n) is 2.44. The van der Waals surface area contributed by atoms with E-state index in [1.807, 2.05) is 24.3 Å². The van der Waals surface area contributed by atoms with Gasteiger partial charge in [-0.1, -0.05) is 0 Å². The van der Waals surface area contributed by atoms with Crippen LogP contribution < -0.4 is 20.1 Å². The lowest BCUT2D eigenvalue weighted by molar-refractivity contribution is 0.320. The highest BCUT2D eigenvalue weighted by Crippen LogP contribution is 2.16. The van der Waals surface area contributed by atoms with E-state index in [-0.39, 0.29) is 5.54 Å². The van der Waals surface area contributed by atoms with Crippen LogP contribution in [0, 0.1) is 0 Å². The first-order valence-corrected chi connectivity index (χ1v) is 6.70. The van der Waals surface area contributed by atoms with Crippen LogP contribution in [0.25, 0.3) is 0 Å². The van der Waals surface area contributed by atoms with Crippen molar-refractivity contribution in [1.82, 2.24) is 10.6 Å². The van der Waals surface area contributed by atoms with Gasteiger partial charge in [-0.05, 0) is 45.0 Å². The summed E-state index contributed by atoms with van der Waals surface area (Å²) in [4.78, 5) is 4.16. The van der Waals surface area contributed by atoms with Crippen molar-refractivity contribution in [3.05, 3.63) is 24.3 Å². The zero-order valence-electron chi connectivity index (χ0n) is 13.0. The molecule has 0 amide bonds. The fraction of sp³-hybridized carbons (Fsp3) is 0.533. The molecule has 0 aliphatic heterocycles. The fourth-order valence-corrected chi connectivity index (χ4v) is 1.54. The second-order valence-corrected chi connectivity index (χ2v) is 5.40. The number of guanidine groups is 1. The number of nitrogens with one attached hydrogen (secondary N) is 2. The number of nitrogens with zero attached hydrogens (tertiary/aromatic N) is 1. The van der Waals surface area contributed by atoms with Crippen LogP contribution >= 0.6 is 0 Å². The Morgan fingerprint density at radius 3 is 2.25 bits per heavy atom. The second kappa shape index (κ2) is 7.62. The van der Waals surface area contributed by atoms with Crippen molar-refractivity contribution in [1.29, 1.82) is 0 Å². The molecule has 0 radical (unpaired) electrons. The van der Waals surface area contributed by atoms with E-state index in [1.54, 1.807) is 14.2 Å². The van der Waals surface area contributed by atoms with Gasteiger partial charge in [0.05, 0.1) is 13.7 Å². The minimum atomic E-state index is -0.0152. The maximum Gasteiger partial charge on any atom is 0.191 e. The molecule has 0 unspecified atom stereocenters. The van der Waals surface area contributed by atoms with Crippen molar-refractivity contribution in [3.8, 4) is 11.5 Å². The Balaban J connectivity index is 2.30. The van der Waals surface area contributed by atoms with Crippen LogP contribution in [0.4, 0.5) is 0 Å². The molecule has 112 valence electrons. The molecule has 0 spiro atoms. The molecule has 5 heteroatoms. The Morgan fingerprint density at radius 2 is 1.75 bits per heavy atom. The van der Waals surface area contributed by atoms with E-state index < -0.39 is 0 Å². The fourth-order valence-electron chi connectivity index (χ4n) is 1.54. The standard InChI is InChI=1S/C15H25N3O2/c1-15(2,3)18-14(16-4)17-10-11-20-13-8-6-12(19-5)7-9-13/h6-9H,10-11H2,1-5H3,(H2,16,17,18). The Morgan fingerprint density at radius 1 is 1.15 bits per heavy atom. The van der Waals surface area contributed by atoms with Crippen molar-refractivity contribution in [2.45, 2.75) is 26.3 Å². The molecular weight excluding hydrogens is 254 g/mol. The van der Waals surface area contributed by atoms with Crippen LogP contribution in [0.2, 0.25) is 0 Å². The first-order valence-electron chi connectivity index (χ1n) is 6.70. The van der Waals surface area contributed by atoms with E-state index >= 15 is 0 Å². The number of hydrogen-bond acceptors (Lipinski definition) is 3. The number of benzene rings is 1. The van der Waals surface area contributed by atoms with Crippen LogP contribution in [0.3, 0.4) is 0 Å². The monoisotopic (exact) mass is 279 g/mol. The van der Waals surface area contributed by atoms with Gasteiger partial charge in [-0.3, -0.25) is 4.99 Å². The van der Waals surface area contributed by atoms with Crippen molar-refractivity contribution in [3.63, 3.8) is 0 Å². The third kappa shape index (κ3) is 6.31. The van der Waals surface area contributed by atoms with Gasteiger partial charge in [0.2, 0.25) is 0 Å². The molecule has 1 aromatic rings. The maximum atomic E-state index is 5.63. The summed E-state index contributed by atoms with van der Waals surface area (Å²) in [6.07, 6.45) is 0. The Labute approximate surface area is 121 Å². The van der Waals surface area contributed by atoms with E-state index in [0.29, 0.717) is 13.2 Å². The molecule has 0 aliphatic rings. The largest absolute Gasteiger partial charge is 0.497 e. The molecule has 2 N–H and O–H groups in total. The van der Waals surface area contributed by atoms with Gasteiger partial charge in [0, 0.05) is 12.6 Å². The van der Waals surface area contributed by atoms with Gasteiger partial charge >= 0.3 is 0 Å². The molecule has 0 heterocycles. The summed E-state index contributed by atoms with van der Waals surface area (Å²) in [6.45, 7) is 7.52. The summed E-state index contributed by atoms with van der Waals surface area (Å²) in [6, 6.07) is 7.54. The van der Waals surface area contributed by atoms with Crippen LogP contribution in [0.5, 0.6) is 11.5 Å². The lowest BCUT2D eigenvalue weighted by atomic mass is 10.1. The van der Waals surface area contributed by atoms with Crippen LogP contribution in [-0.2, 0) is 0 Å². The summed E-state index contributed by atoms with van der Waals surface area (Å²) in [5.41, 5.74) is -0.0152. The van der Waals surface area contributed by atoms with Gasteiger partial charge < -0.3 is 20.1 Å². The second-order valence-electron chi connectivity index (χ2n) is 5.40. The summed E-state index contributed by atoms with van der Waals surface area (Å²) >= 11 is 0. The summed E-state index contributed by atoms with van der Waals surface area (Å²) in [5.74, 6) is 2.42. The van der Waals surface area contributed by atoms with E-state index in [0.717, 1.165) is 17.5 Å².